The molecular formula is C16H26O2. The van der Waals surface area contributed by atoms with Gasteiger partial charge in [0.05, 0.1) is 11.7 Å². The third kappa shape index (κ3) is 4.79. The molecule has 0 aromatic heterocycles. The largest absolute Gasteiger partial charge is 0.379 e. The SMILES string of the molecule is COC1CC=C(C)C=C1/C=C/CCC(C)(C)OC. The molecule has 0 radical (unpaired) electrons. The van der Waals surface area contributed by atoms with Crippen LogP contribution in [0.25, 0.3) is 0 Å². The smallest absolute Gasteiger partial charge is 0.0855 e. The minimum Gasteiger partial charge on any atom is -0.379 e. The van der Waals surface area contributed by atoms with Gasteiger partial charge in [-0.05, 0) is 45.6 Å². The Bertz CT molecular complexity index is 348. The summed E-state index contributed by atoms with van der Waals surface area (Å²) in [6.45, 7) is 6.37. The molecule has 102 valence electrons. The van der Waals surface area contributed by atoms with E-state index >= 15 is 0 Å². The average Bonchev–Trinajstić information content (AvgIpc) is 2.35. The number of hydrogen-bond donors (Lipinski definition) is 0. The molecule has 0 saturated heterocycles. The molecular weight excluding hydrogens is 224 g/mol. The summed E-state index contributed by atoms with van der Waals surface area (Å²) >= 11 is 0. The van der Waals surface area contributed by atoms with Crippen LogP contribution in [0.2, 0.25) is 0 Å². The molecule has 0 spiro atoms. The Kier molecular flexibility index (Phi) is 5.83. The Morgan fingerprint density at radius 2 is 2.11 bits per heavy atom. The van der Waals surface area contributed by atoms with Crippen LogP contribution in [0.1, 0.15) is 40.0 Å². The fraction of sp³-hybridized carbons (Fsp3) is 0.625. The highest BCUT2D eigenvalue weighted by Crippen LogP contribution is 2.22. The first-order chi connectivity index (χ1) is 8.48. The van der Waals surface area contributed by atoms with Crippen molar-refractivity contribution in [2.45, 2.75) is 51.7 Å². The van der Waals surface area contributed by atoms with Crippen LogP contribution < -0.4 is 0 Å². The minimum absolute atomic E-state index is 0.0399. The van der Waals surface area contributed by atoms with Gasteiger partial charge in [0, 0.05) is 14.2 Å². The average molecular weight is 250 g/mol. The quantitative estimate of drug-likeness (QED) is 0.708. The van der Waals surface area contributed by atoms with E-state index in [1.807, 2.05) is 0 Å². The Hall–Kier alpha value is -0.860. The van der Waals surface area contributed by atoms with Crippen molar-refractivity contribution in [1.29, 1.82) is 0 Å². The van der Waals surface area contributed by atoms with Gasteiger partial charge in [0.25, 0.3) is 0 Å². The summed E-state index contributed by atoms with van der Waals surface area (Å²) in [5.41, 5.74) is 2.55. The lowest BCUT2D eigenvalue weighted by Gasteiger charge is -2.22. The summed E-state index contributed by atoms with van der Waals surface area (Å²) < 4.78 is 10.9. The van der Waals surface area contributed by atoms with Crippen molar-refractivity contribution in [2.75, 3.05) is 14.2 Å². The molecule has 1 aliphatic carbocycles. The summed E-state index contributed by atoms with van der Waals surface area (Å²) in [6.07, 6.45) is 12.1. The molecule has 0 saturated carbocycles. The van der Waals surface area contributed by atoms with Crippen LogP contribution in [-0.2, 0) is 9.47 Å². The molecule has 18 heavy (non-hydrogen) atoms. The van der Waals surface area contributed by atoms with Crippen molar-refractivity contribution >= 4 is 0 Å². The van der Waals surface area contributed by atoms with Gasteiger partial charge in [0.15, 0.2) is 0 Å². The zero-order valence-electron chi connectivity index (χ0n) is 12.3. The molecule has 1 atom stereocenters. The molecule has 0 fully saturated rings. The van der Waals surface area contributed by atoms with Gasteiger partial charge in [-0.3, -0.25) is 0 Å². The van der Waals surface area contributed by atoms with Gasteiger partial charge in [0.2, 0.25) is 0 Å². The maximum atomic E-state index is 5.48. The molecule has 0 amide bonds. The first-order valence-corrected chi connectivity index (χ1v) is 6.61. The van der Waals surface area contributed by atoms with Gasteiger partial charge in [-0.25, -0.2) is 0 Å². The highest BCUT2D eigenvalue weighted by Gasteiger charge is 2.15. The van der Waals surface area contributed by atoms with Crippen molar-refractivity contribution in [2.24, 2.45) is 0 Å². The van der Waals surface area contributed by atoms with Crippen molar-refractivity contribution in [3.63, 3.8) is 0 Å². The number of methoxy groups -OCH3 is 2. The minimum atomic E-state index is -0.0399. The summed E-state index contributed by atoms with van der Waals surface area (Å²) in [7, 11) is 3.54. The van der Waals surface area contributed by atoms with Crippen molar-refractivity contribution < 1.29 is 9.47 Å². The molecule has 2 heteroatoms. The van der Waals surface area contributed by atoms with Crippen LogP contribution in [0.3, 0.4) is 0 Å². The molecule has 0 N–H and O–H groups in total. The Morgan fingerprint density at radius 1 is 1.39 bits per heavy atom. The molecule has 2 nitrogen and oxygen atoms in total. The molecule has 0 bridgehead atoms. The maximum Gasteiger partial charge on any atom is 0.0855 e. The van der Waals surface area contributed by atoms with Crippen molar-refractivity contribution in [3.05, 3.63) is 35.5 Å². The fourth-order valence-corrected chi connectivity index (χ4v) is 1.98. The van der Waals surface area contributed by atoms with Crippen molar-refractivity contribution in [1.82, 2.24) is 0 Å². The van der Waals surface area contributed by atoms with Crippen LogP contribution in [0, 0.1) is 0 Å². The number of ether oxygens (including phenoxy) is 2. The van der Waals surface area contributed by atoms with Gasteiger partial charge < -0.3 is 9.47 Å². The summed E-state index contributed by atoms with van der Waals surface area (Å²) in [5, 5.41) is 0. The second-order valence-corrected chi connectivity index (χ2v) is 5.46. The first kappa shape index (κ1) is 15.2. The fourth-order valence-electron chi connectivity index (χ4n) is 1.98. The molecule has 1 aliphatic rings. The van der Waals surface area contributed by atoms with E-state index in [0.717, 1.165) is 19.3 Å². The zero-order valence-corrected chi connectivity index (χ0v) is 12.3. The lowest BCUT2D eigenvalue weighted by atomic mass is 9.96. The Balaban J connectivity index is 2.52. The van der Waals surface area contributed by atoms with E-state index in [-0.39, 0.29) is 11.7 Å². The normalized spacial score (nSPS) is 21.1. The number of rotatable bonds is 6. The molecule has 0 heterocycles. The molecule has 0 aliphatic heterocycles. The van der Waals surface area contributed by atoms with Crippen LogP contribution in [0.5, 0.6) is 0 Å². The molecule has 1 unspecified atom stereocenters. The lowest BCUT2D eigenvalue weighted by molar-refractivity contribution is 0.0163. The summed E-state index contributed by atoms with van der Waals surface area (Å²) in [6, 6.07) is 0. The summed E-state index contributed by atoms with van der Waals surface area (Å²) in [5.74, 6) is 0. The summed E-state index contributed by atoms with van der Waals surface area (Å²) in [4.78, 5) is 0. The second kappa shape index (κ2) is 6.91. The Morgan fingerprint density at radius 3 is 2.72 bits per heavy atom. The van der Waals surface area contributed by atoms with Crippen LogP contribution in [-0.4, -0.2) is 25.9 Å². The van der Waals surface area contributed by atoms with Gasteiger partial charge in [-0.2, -0.15) is 0 Å². The van der Waals surface area contributed by atoms with E-state index in [0.29, 0.717) is 0 Å². The molecule has 0 aromatic carbocycles. The van der Waals surface area contributed by atoms with E-state index in [1.54, 1.807) is 14.2 Å². The van der Waals surface area contributed by atoms with E-state index in [2.05, 4.69) is 45.1 Å². The van der Waals surface area contributed by atoms with E-state index in [9.17, 15) is 0 Å². The van der Waals surface area contributed by atoms with E-state index in [1.165, 1.54) is 11.1 Å². The predicted octanol–water partition coefficient (Wildman–Crippen LogP) is 4.04. The molecule has 0 aromatic rings. The Labute approximate surface area is 111 Å². The van der Waals surface area contributed by atoms with Gasteiger partial charge in [0.1, 0.15) is 0 Å². The predicted molar refractivity (Wildman–Crippen MR) is 76.7 cm³/mol. The number of allylic oxidation sites excluding steroid dienone is 3. The highest BCUT2D eigenvalue weighted by molar-refractivity contribution is 5.36. The standard InChI is InChI=1S/C16H26O2/c1-13-9-10-15(17-4)14(12-13)8-6-7-11-16(2,3)18-5/h6,8-9,12,15H,7,10-11H2,1-5H3/b8-6+. The lowest BCUT2D eigenvalue weighted by Crippen LogP contribution is -2.21. The van der Waals surface area contributed by atoms with Gasteiger partial charge >= 0.3 is 0 Å². The topological polar surface area (TPSA) is 18.5 Å². The molecule has 1 rings (SSSR count). The maximum absolute atomic E-state index is 5.48. The van der Waals surface area contributed by atoms with Crippen molar-refractivity contribution in [3.8, 4) is 0 Å². The third-order valence-electron chi connectivity index (χ3n) is 3.48. The van der Waals surface area contributed by atoms with Crippen LogP contribution >= 0.6 is 0 Å². The highest BCUT2D eigenvalue weighted by atomic mass is 16.5. The van der Waals surface area contributed by atoms with Crippen LogP contribution in [0.15, 0.2) is 35.5 Å². The van der Waals surface area contributed by atoms with Crippen LogP contribution in [0.4, 0.5) is 0 Å². The number of hydrogen-bond acceptors (Lipinski definition) is 2. The monoisotopic (exact) mass is 250 g/mol. The van der Waals surface area contributed by atoms with Gasteiger partial charge in [-0.1, -0.05) is 29.9 Å². The first-order valence-electron chi connectivity index (χ1n) is 6.61. The van der Waals surface area contributed by atoms with Gasteiger partial charge in [-0.15, -0.1) is 0 Å². The second-order valence-electron chi connectivity index (χ2n) is 5.46. The van der Waals surface area contributed by atoms with E-state index < -0.39 is 0 Å². The third-order valence-corrected chi connectivity index (χ3v) is 3.48. The zero-order chi connectivity index (χ0) is 13.6. The van der Waals surface area contributed by atoms with E-state index in [4.69, 9.17) is 9.47 Å².